The third kappa shape index (κ3) is 2.62. The summed E-state index contributed by atoms with van der Waals surface area (Å²) in [6.07, 6.45) is 0.974. The summed E-state index contributed by atoms with van der Waals surface area (Å²) in [5.41, 5.74) is 3.93. The Kier molecular flexibility index (Phi) is 3.97. The molecule has 1 aromatic heterocycles. The molecule has 0 spiro atoms. The van der Waals surface area contributed by atoms with E-state index in [-0.39, 0.29) is 6.61 Å². The number of amides is 1. The van der Waals surface area contributed by atoms with Gasteiger partial charge in [-0.25, -0.2) is 4.79 Å². The highest BCUT2D eigenvalue weighted by molar-refractivity contribution is 5.94. The van der Waals surface area contributed by atoms with Gasteiger partial charge in [0.2, 0.25) is 5.69 Å². The monoisotopic (exact) mass is 256 g/mol. The molecular weight excluding hydrogens is 244 g/mol. The average Bonchev–Trinajstić information content (AvgIpc) is 2.73. The van der Waals surface area contributed by atoms with Gasteiger partial charge in [0, 0.05) is 0 Å². The van der Waals surface area contributed by atoms with Crippen LogP contribution in [-0.4, -0.2) is 33.2 Å². The molecule has 0 aliphatic heterocycles. The molecule has 0 saturated carbocycles. The molecule has 98 valence electrons. The Bertz CT molecular complexity index is 464. The fourth-order valence-corrected chi connectivity index (χ4v) is 1.26. The van der Waals surface area contributed by atoms with E-state index in [1.54, 1.807) is 6.92 Å². The topological polar surface area (TPSA) is 130 Å². The summed E-state index contributed by atoms with van der Waals surface area (Å²) in [4.78, 5) is 32.3. The third-order valence-corrected chi connectivity index (χ3v) is 2.17. The maximum Gasteiger partial charge on any atom is 0.330 e. The number of ether oxygens (including phenoxy) is 1. The van der Waals surface area contributed by atoms with Gasteiger partial charge in [-0.3, -0.25) is 19.6 Å². The van der Waals surface area contributed by atoms with Crippen LogP contribution in [0.1, 0.15) is 30.4 Å². The largest absolute Gasteiger partial charge is 0.464 e. The molecule has 0 radical (unpaired) electrons. The maximum atomic E-state index is 11.4. The van der Waals surface area contributed by atoms with Crippen LogP contribution in [0.4, 0.5) is 5.69 Å². The number of carbonyl (C=O) groups is 2. The normalized spacial score (nSPS) is 11.9. The number of rotatable bonds is 5. The number of esters is 1. The first kappa shape index (κ1) is 13.6. The molecule has 0 unspecified atom stereocenters. The van der Waals surface area contributed by atoms with E-state index in [0.717, 1.165) is 10.9 Å². The van der Waals surface area contributed by atoms with Crippen molar-refractivity contribution in [2.45, 2.75) is 19.9 Å². The summed E-state index contributed by atoms with van der Waals surface area (Å²) >= 11 is 0. The third-order valence-electron chi connectivity index (χ3n) is 2.17. The lowest BCUT2D eigenvalue weighted by Crippen LogP contribution is -2.20. The molecule has 1 aromatic rings. The Morgan fingerprint density at radius 1 is 1.67 bits per heavy atom. The van der Waals surface area contributed by atoms with E-state index in [1.165, 1.54) is 6.92 Å². The molecule has 0 bridgehead atoms. The molecule has 0 saturated heterocycles. The lowest BCUT2D eigenvalue weighted by molar-refractivity contribution is -0.385. The Balaban J connectivity index is 3.12. The molecule has 0 aromatic carbocycles. The van der Waals surface area contributed by atoms with E-state index in [4.69, 9.17) is 10.5 Å². The SMILES string of the molecule is CCOC(=O)[C@H](C)n1cc([N+](=O)[O-])c(C(N)=O)n1. The minimum atomic E-state index is -1.03. The van der Waals surface area contributed by atoms with Gasteiger partial charge in [0.25, 0.3) is 5.91 Å². The Morgan fingerprint density at radius 2 is 2.28 bits per heavy atom. The van der Waals surface area contributed by atoms with Crippen LogP contribution in [0.15, 0.2) is 6.20 Å². The average molecular weight is 256 g/mol. The van der Waals surface area contributed by atoms with Crippen LogP contribution in [0, 0.1) is 10.1 Å². The van der Waals surface area contributed by atoms with Crippen molar-refractivity contribution >= 4 is 17.6 Å². The molecule has 2 N–H and O–H groups in total. The molecule has 0 aliphatic carbocycles. The summed E-state index contributed by atoms with van der Waals surface area (Å²) < 4.78 is 5.72. The van der Waals surface area contributed by atoms with Gasteiger partial charge in [0.1, 0.15) is 12.2 Å². The number of nitrogens with two attached hydrogens (primary N) is 1. The van der Waals surface area contributed by atoms with E-state index >= 15 is 0 Å². The molecule has 9 heteroatoms. The molecule has 1 amide bonds. The zero-order chi connectivity index (χ0) is 13.9. The Labute approximate surface area is 102 Å². The highest BCUT2D eigenvalue weighted by Gasteiger charge is 2.27. The highest BCUT2D eigenvalue weighted by atomic mass is 16.6. The Hall–Kier alpha value is -2.45. The minimum Gasteiger partial charge on any atom is -0.464 e. The van der Waals surface area contributed by atoms with E-state index in [1.807, 2.05) is 0 Å². The van der Waals surface area contributed by atoms with Crippen molar-refractivity contribution in [3.05, 3.63) is 22.0 Å². The van der Waals surface area contributed by atoms with Crippen LogP contribution in [-0.2, 0) is 9.53 Å². The van der Waals surface area contributed by atoms with Crippen molar-refractivity contribution in [2.75, 3.05) is 6.61 Å². The summed E-state index contributed by atoms with van der Waals surface area (Å²) in [6.45, 7) is 3.25. The van der Waals surface area contributed by atoms with Gasteiger partial charge in [-0.15, -0.1) is 0 Å². The first-order valence-corrected chi connectivity index (χ1v) is 5.08. The lowest BCUT2D eigenvalue weighted by atomic mass is 10.3. The number of hydrogen-bond acceptors (Lipinski definition) is 6. The fraction of sp³-hybridized carbons (Fsp3) is 0.444. The van der Waals surface area contributed by atoms with Gasteiger partial charge in [-0.05, 0) is 13.8 Å². The standard InChI is InChI=1S/C9H12N4O5/c1-3-18-9(15)5(2)12-4-6(13(16)17)7(11-12)8(10)14/h4-5H,3H2,1-2H3,(H2,10,14)/t5-/m0/s1. The maximum absolute atomic E-state index is 11.4. The number of nitro groups is 1. The number of hydrogen-bond donors (Lipinski definition) is 1. The number of primary amides is 1. The van der Waals surface area contributed by atoms with Crippen molar-refractivity contribution in [2.24, 2.45) is 5.73 Å². The van der Waals surface area contributed by atoms with Gasteiger partial charge in [0.15, 0.2) is 0 Å². The number of carbonyl (C=O) groups excluding carboxylic acids is 2. The van der Waals surface area contributed by atoms with Crippen LogP contribution >= 0.6 is 0 Å². The molecule has 0 fully saturated rings. The van der Waals surface area contributed by atoms with Crippen LogP contribution in [0.5, 0.6) is 0 Å². The fourth-order valence-electron chi connectivity index (χ4n) is 1.26. The van der Waals surface area contributed by atoms with Gasteiger partial charge in [0.05, 0.1) is 11.5 Å². The van der Waals surface area contributed by atoms with E-state index in [2.05, 4.69) is 5.10 Å². The first-order chi connectivity index (χ1) is 8.38. The highest BCUT2D eigenvalue weighted by Crippen LogP contribution is 2.19. The molecule has 18 heavy (non-hydrogen) atoms. The van der Waals surface area contributed by atoms with Gasteiger partial charge in [-0.2, -0.15) is 5.10 Å². The smallest absolute Gasteiger partial charge is 0.330 e. The molecule has 1 rings (SSSR count). The van der Waals surface area contributed by atoms with Crippen molar-refractivity contribution in [3.8, 4) is 0 Å². The summed E-state index contributed by atoms with van der Waals surface area (Å²) in [7, 11) is 0. The number of nitrogens with zero attached hydrogens (tertiary/aromatic N) is 3. The van der Waals surface area contributed by atoms with Crippen LogP contribution in [0.2, 0.25) is 0 Å². The first-order valence-electron chi connectivity index (χ1n) is 5.08. The quantitative estimate of drug-likeness (QED) is 0.448. The van der Waals surface area contributed by atoms with E-state index < -0.39 is 34.2 Å². The van der Waals surface area contributed by atoms with Gasteiger partial charge >= 0.3 is 11.7 Å². The molecule has 1 atom stereocenters. The second kappa shape index (κ2) is 5.25. The van der Waals surface area contributed by atoms with Crippen molar-refractivity contribution in [1.82, 2.24) is 9.78 Å². The molecule has 9 nitrogen and oxygen atoms in total. The Morgan fingerprint density at radius 3 is 2.67 bits per heavy atom. The second-order valence-electron chi connectivity index (χ2n) is 3.39. The minimum absolute atomic E-state index is 0.176. The summed E-state index contributed by atoms with van der Waals surface area (Å²) in [5.74, 6) is -1.64. The zero-order valence-electron chi connectivity index (χ0n) is 9.82. The van der Waals surface area contributed by atoms with Crippen LogP contribution in [0.25, 0.3) is 0 Å². The molecular formula is C9H12N4O5. The lowest BCUT2D eigenvalue weighted by Gasteiger charge is -2.09. The van der Waals surface area contributed by atoms with Crippen LogP contribution in [0.3, 0.4) is 0 Å². The zero-order valence-corrected chi connectivity index (χ0v) is 9.82. The van der Waals surface area contributed by atoms with E-state index in [0.29, 0.717) is 0 Å². The number of aromatic nitrogens is 2. The summed E-state index contributed by atoms with van der Waals surface area (Å²) in [5, 5.41) is 14.3. The van der Waals surface area contributed by atoms with Crippen molar-refractivity contribution < 1.29 is 19.2 Å². The summed E-state index contributed by atoms with van der Waals surface area (Å²) in [6, 6.07) is -0.878. The van der Waals surface area contributed by atoms with Gasteiger partial charge in [-0.1, -0.05) is 0 Å². The van der Waals surface area contributed by atoms with Gasteiger partial charge < -0.3 is 10.5 Å². The molecule has 1 heterocycles. The van der Waals surface area contributed by atoms with Crippen molar-refractivity contribution in [3.63, 3.8) is 0 Å². The predicted molar refractivity (Wildman–Crippen MR) is 58.7 cm³/mol. The molecule has 0 aliphatic rings. The second-order valence-corrected chi connectivity index (χ2v) is 3.39. The predicted octanol–water partition coefficient (Wildman–Crippen LogP) is 0.0143. The van der Waals surface area contributed by atoms with Crippen LogP contribution < -0.4 is 5.73 Å². The van der Waals surface area contributed by atoms with Crippen molar-refractivity contribution in [1.29, 1.82) is 0 Å². The van der Waals surface area contributed by atoms with E-state index in [9.17, 15) is 19.7 Å².